The molecule has 0 unspecified atom stereocenters. The molecule has 0 amide bonds. The number of hydrogen-bond acceptors (Lipinski definition) is 5. The van der Waals surface area contributed by atoms with E-state index >= 15 is 0 Å². The van der Waals surface area contributed by atoms with Gasteiger partial charge in [0.05, 0.1) is 10.5 Å². The molecule has 0 radical (unpaired) electrons. The van der Waals surface area contributed by atoms with Crippen molar-refractivity contribution in [3.8, 4) is 5.75 Å². The van der Waals surface area contributed by atoms with Crippen molar-refractivity contribution in [2.24, 2.45) is 5.73 Å². The Hall–Kier alpha value is -1.64. The monoisotopic (exact) mass is 312 g/mol. The van der Waals surface area contributed by atoms with E-state index in [-0.39, 0.29) is 22.0 Å². The number of nitrogen functional groups attached to an aromatic ring is 1. The number of nitrogens with one attached hydrogen (secondary N) is 1. The first-order valence-electron chi connectivity index (χ1n) is 6.76. The normalized spacial score (nSPS) is 17.8. The highest BCUT2D eigenvalue weighted by Gasteiger charge is 2.28. The Balaban J connectivity index is 2.28. The summed E-state index contributed by atoms with van der Waals surface area (Å²) in [5, 5.41) is 17.0. The number of phenolic OH excluding ortho intramolecular Hbond substituents is 1. The molecule has 0 bridgehead atoms. The zero-order valence-corrected chi connectivity index (χ0v) is 12.7. The summed E-state index contributed by atoms with van der Waals surface area (Å²) in [7, 11) is -3.62. The maximum atomic E-state index is 12.6. The minimum atomic E-state index is -3.62. The number of aromatic hydroxyl groups is 1. The van der Waals surface area contributed by atoms with E-state index in [1.54, 1.807) is 0 Å². The molecule has 0 atom stereocenters. The van der Waals surface area contributed by atoms with Crippen molar-refractivity contribution in [2.45, 2.75) is 11.8 Å². The zero-order chi connectivity index (χ0) is 15.6. The smallest absolute Gasteiger partial charge is 0.243 e. The number of nitrogens with two attached hydrogens (primary N) is 1. The third-order valence-electron chi connectivity index (χ3n) is 3.67. The van der Waals surface area contributed by atoms with Crippen LogP contribution in [0.4, 0.5) is 0 Å². The summed E-state index contributed by atoms with van der Waals surface area (Å²) in [6.07, 6.45) is 0. The van der Waals surface area contributed by atoms with Gasteiger partial charge in [0.15, 0.2) is 0 Å². The van der Waals surface area contributed by atoms with Gasteiger partial charge in [0, 0.05) is 26.2 Å². The van der Waals surface area contributed by atoms with Crippen molar-refractivity contribution in [1.29, 1.82) is 5.41 Å². The zero-order valence-electron chi connectivity index (χ0n) is 11.9. The molecule has 116 valence electrons. The Morgan fingerprint density at radius 1 is 1.33 bits per heavy atom. The van der Waals surface area contributed by atoms with Gasteiger partial charge >= 0.3 is 0 Å². The molecule has 7 nitrogen and oxygen atoms in total. The van der Waals surface area contributed by atoms with Crippen LogP contribution >= 0.6 is 0 Å². The van der Waals surface area contributed by atoms with Gasteiger partial charge in [0.2, 0.25) is 10.0 Å². The highest BCUT2D eigenvalue weighted by molar-refractivity contribution is 7.89. The first-order chi connectivity index (χ1) is 9.86. The largest absolute Gasteiger partial charge is 0.507 e. The average molecular weight is 312 g/mol. The van der Waals surface area contributed by atoms with Crippen LogP contribution in [0.3, 0.4) is 0 Å². The summed E-state index contributed by atoms with van der Waals surface area (Å²) in [4.78, 5) is 2.24. The Bertz CT molecular complexity index is 637. The number of benzene rings is 1. The first-order valence-corrected chi connectivity index (χ1v) is 8.20. The number of piperazine rings is 1. The number of likely N-dealkylation sites (N-methyl/N-ethyl adjacent to an activating group) is 1. The molecule has 2 rings (SSSR count). The van der Waals surface area contributed by atoms with Crippen molar-refractivity contribution in [3.63, 3.8) is 0 Å². The number of rotatable bonds is 4. The molecule has 0 aromatic heterocycles. The molecule has 1 aliphatic heterocycles. The second kappa shape index (κ2) is 6.00. The minimum absolute atomic E-state index is 0.0308. The molecular formula is C13H20N4O3S. The summed E-state index contributed by atoms with van der Waals surface area (Å²) in [5.41, 5.74) is 5.38. The van der Waals surface area contributed by atoms with E-state index in [0.717, 1.165) is 6.54 Å². The van der Waals surface area contributed by atoms with E-state index in [1.165, 1.54) is 22.5 Å². The standard InChI is InChI=1S/C13H20N4O3S/c1-2-16-5-7-17(8-6-16)21(19,20)10-3-4-12(18)11(9-10)13(14)15/h3-4,9,18H,2,5-8H2,1H3,(H3,14,15). The SMILES string of the molecule is CCN1CCN(S(=O)(=O)c2ccc(O)c(C(=N)N)c2)CC1. The predicted molar refractivity (Wildman–Crippen MR) is 80.0 cm³/mol. The van der Waals surface area contributed by atoms with Gasteiger partial charge in [-0.05, 0) is 24.7 Å². The summed E-state index contributed by atoms with van der Waals surface area (Å²) < 4.78 is 26.6. The fourth-order valence-corrected chi connectivity index (χ4v) is 3.78. The molecule has 1 aromatic rings. The van der Waals surface area contributed by atoms with Crippen LogP contribution in [0.1, 0.15) is 12.5 Å². The van der Waals surface area contributed by atoms with Crippen LogP contribution < -0.4 is 5.73 Å². The van der Waals surface area contributed by atoms with Crippen molar-refractivity contribution in [2.75, 3.05) is 32.7 Å². The molecule has 1 saturated heterocycles. The maximum absolute atomic E-state index is 12.6. The Morgan fingerprint density at radius 3 is 2.48 bits per heavy atom. The molecule has 0 saturated carbocycles. The Labute approximate surface area is 124 Å². The fourth-order valence-electron chi connectivity index (χ4n) is 2.33. The molecule has 0 spiro atoms. The second-order valence-electron chi connectivity index (χ2n) is 4.93. The predicted octanol–water partition coefficient (Wildman–Crippen LogP) is 0.00247. The van der Waals surface area contributed by atoms with Gasteiger partial charge in [-0.1, -0.05) is 6.92 Å². The molecule has 1 aromatic carbocycles. The van der Waals surface area contributed by atoms with Crippen LogP contribution in [-0.2, 0) is 10.0 Å². The second-order valence-corrected chi connectivity index (χ2v) is 6.87. The van der Waals surface area contributed by atoms with E-state index in [0.29, 0.717) is 26.2 Å². The topological polar surface area (TPSA) is 111 Å². The van der Waals surface area contributed by atoms with Crippen molar-refractivity contribution >= 4 is 15.9 Å². The van der Waals surface area contributed by atoms with Gasteiger partial charge in [0.1, 0.15) is 11.6 Å². The Morgan fingerprint density at radius 2 is 1.95 bits per heavy atom. The summed E-state index contributed by atoms with van der Waals surface area (Å²) in [6.45, 7) is 5.23. The highest BCUT2D eigenvalue weighted by atomic mass is 32.2. The molecule has 1 aliphatic rings. The van der Waals surface area contributed by atoms with Crippen LogP contribution in [0.2, 0.25) is 0 Å². The van der Waals surface area contributed by atoms with Crippen molar-refractivity contribution in [1.82, 2.24) is 9.21 Å². The van der Waals surface area contributed by atoms with Crippen LogP contribution in [0.25, 0.3) is 0 Å². The quantitative estimate of drug-likeness (QED) is 0.535. The molecule has 0 aliphatic carbocycles. The highest BCUT2D eigenvalue weighted by Crippen LogP contribution is 2.24. The van der Waals surface area contributed by atoms with E-state index in [4.69, 9.17) is 11.1 Å². The van der Waals surface area contributed by atoms with Crippen LogP contribution in [0.5, 0.6) is 5.75 Å². The van der Waals surface area contributed by atoms with Gasteiger partial charge in [-0.3, -0.25) is 5.41 Å². The molecule has 1 fully saturated rings. The lowest BCUT2D eigenvalue weighted by Gasteiger charge is -2.33. The van der Waals surface area contributed by atoms with Gasteiger partial charge in [0.25, 0.3) is 0 Å². The third-order valence-corrected chi connectivity index (χ3v) is 5.57. The van der Waals surface area contributed by atoms with E-state index in [2.05, 4.69) is 4.90 Å². The first kappa shape index (κ1) is 15.7. The molecule has 21 heavy (non-hydrogen) atoms. The Kier molecular flexibility index (Phi) is 4.50. The fraction of sp³-hybridized carbons (Fsp3) is 0.462. The summed E-state index contributed by atoms with van der Waals surface area (Å²) in [6, 6.07) is 3.84. The van der Waals surface area contributed by atoms with E-state index < -0.39 is 10.0 Å². The number of nitrogens with zero attached hydrogens (tertiary/aromatic N) is 2. The van der Waals surface area contributed by atoms with Crippen molar-refractivity contribution < 1.29 is 13.5 Å². The summed E-state index contributed by atoms with van der Waals surface area (Å²) >= 11 is 0. The van der Waals surface area contributed by atoms with E-state index in [9.17, 15) is 13.5 Å². The van der Waals surface area contributed by atoms with E-state index in [1.807, 2.05) is 6.92 Å². The van der Waals surface area contributed by atoms with Gasteiger partial charge in [-0.25, -0.2) is 8.42 Å². The number of hydrogen-bond donors (Lipinski definition) is 3. The molecule has 4 N–H and O–H groups in total. The van der Waals surface area contributed by atoms with Crippen molar-refractivity contribution in [3.05, 3.63) is 23.8 Å². The molecule has 8 heteroatoms. The van der Waals surface area contributed by atoms with Gasteiger partial charge in [-0.15, -0.1) is 0 Å². The van der Waals surface area contributed by atoms with Crippen LogP contribution in [0.15, 0.2) is 23.1 Å². The lowest BCUT2D eigenvalue weighted by Crippen LogP contribution is -2.48. The summed E-state index contributed by atoms with van der Waals surface area (Å²) in [5.74, 6) is -0.558. The number of sulfonamides is 1. The lowest BCUT2D eigenvalue weighted by atomic mass is 10.2. The van der Waals surface area contributed by atoms with Gasteiger partial charge in [-0.2, -0.15) is 4.31 Å². The maximum Gasteiger partial charge on any atom is 0.243 e. The van der Waals surface area contributed by atoms with Gasteiger partial charge < -0.3 is 15.7 Å². The lowest BCUT2D eigenvalue weighted by molar-refractivity contribution is 0.196. The molecular weight excluding hydrogens is 292 g/mol. The minimum Gasteiger partial charge on any atom is -0.507 e. The van der Waals surface area contributed by atoms with Crippen LogP contribution in [0, 0.1) is 5.41 Å². The number of phenols is 1. The number of amidine groups is 1. The molecule has 1 heterocycles. The third kappa shape index (κ3) is 3.17. The van der Waals surface area contributed by atoms with Crippen LogP contribution in [-0.4, -0.2) is 61.3 Å². The average Bonchev–Trinajstić information content (AvgIpc) is 2.47.